The molecule has 0 aliphatic heterocycles. The van der Waals surface area contributed by atoms with Crippen molar-refractivity contribution in [3.05, 3.63) is 69.2 Å². The fraction of sp³-hybridized carbons (Fsp3) is 0.0625. The van der Waals surface area contributed by atoms with Crippen LogP contribution in [-0.4, -0.2) is 10.9 Å². The molecule has 102 valence electrons. The van der Waals surface area contributed by atoms with E-state index >= 15 is 0 Å². The summed E-state index contributed by atoms with van der Waals surface area (Å²) in [5.41, 5.74) is 1.87. The third-order valence-electron chi connectivity index (χ3n) is 2.79. The number of aryl methyl sites for hydroxylation is 1. The molecule has 0 amide bonds. The Bertz CT molecular complexity index is 691. The van der Waals surface area contributed by atoms with Gasteiger partial charge in [0.25, 0.3) is 0 Å². The molecule has 0 spiro atoms. The molecule has 20 heavy (non-hydrogen) atoms. The lowest BCUT2D eigenvalue weighted by Crippen LogP contribution is -1.95. The van der Waals surface area contributed by atoms with Gasteiger partial charge in [-0.05, 0) is 48.9 Å². The highest BCUT2D eigenvalue weighted by Gasteiger charge is 2.08. The van der Waals surface area contributed by atoms with Crippen LogP contribution in [0.1, 0.15) is 21.5 Å². The highest BCUT2D eigenvalue weighted by Crippen LogP contribution is 2.23. The predicted molar refractivity (Wildman–Crippen MR) is 82.7 cm³/mol. The molecule has 0 atom stereocenters. The molecule has 2 aromatic rings. The zero-order valence-electron chi connectivity index (χ0n) is 10.7. The Morgan fingerprint density at radius 3 is 2.60 bits per heavy atom. The molecule has 0 saturated heterocycles. The normalized spacial score (nSPS) is 10.9. The number of carbonyl (C=O) groups is 1. The molecule has 2 aromatic carbocycles. The summed E-state index contributed by atoms with van der Waals surface area (Å²) in [6, 6.07) is 9.92. The molecule has 1 N–H and O–H groups in total. The topological polar surface area (TPSA) is 37.3 Å². The molecule has 0 saturated carbocycles. The lowest BCUT2D eigenvalue weighted by Gasteiger charge is -2.02. The number of benzene rings is 2. The average Bonchev–Trinajstić information content (AvgIpc) is 2.40. The van der Waals surface area contributed by atoms with Crippen molar-refractivity contribution in [1.29, 1.82) is 0 Å². The van der Waals surface area contributed by atoms with Crippen LogP contribution in [0.25, 0.3) is 6.08 Å². The van der Waals surface area contributed by atoms with Crippen molar-refractivity contribution in [2.45, 2.75) is 6.92 Å². The Hall–Kier alpha value is -1.77. The number of carbonyl (C=O) groups excluding carboxylic acids is 1. The van der Waals surface area contributed by atoms with E-state index in [1.54, 1.807) is 36.4 Å². The average molecular weight is 307 g/mol. The van der Waals surface area contributed by atoms with E-state index < -0.39 is 0 Å². The fourth-order valence-electron chi connectivity index (χ4n) is 1.74. The van der Waals surface area contributed by atoms with Crippen LogP contribution in [0.15, 0.2) is 42.5 Å². The van der Waals surface area contributed by atoms with E-state index in [2.05, 4.69) is 0 Å². The van der Waals surface area contributed by atoms with Crippen molar-refractivity contribution >= 4 is 35.1 Å². The Labute approximate surface area is 127 Å². The molecule has 0 aliphatic rings. The van der Waals surface area contributed by atoms with Crippen molar-refractivity contribution in [2.24, 2.45) is 0 Å². The van der Waals surface area contributed by atoms with E-state index in [0.717, 1.165) is 5.56 Å². The second kappa shape index (κ2) is 6.12. The van der Waals surface area contributed by atoms with Crippen molar-refractivity contribution < 1.29 is 9.90 Å². The number of aromatic hydroxyl groups is 1. The number of phenolic OH excluding ortho intramolecular Hbond substituents is 1. The summed E-state index contributed by atoms with van der Waals surface area (Å²) in [4.78, 5) is 12.1. The molecule has 2 nitrogen and oxygen atoms in total. The van der Waals surface area contributed by atoms with Crippen molar-refractivity contribution in [3.63, 3.8) is 0 Å². The van der Waals surface area contributed by atoms with Crippen LogP contribution >= 0.6 is 23.2 Å². The van der Waals surface area contributed by atoms with Gasteiger partial charge in [-0.15, -0.1) is 0 Å². The molecule has 0 aliphatic carbocycles. The van der Waals surface area contributed by atoms with E-state index in [9.17, 15) is 9.90 Å². The summed E-state index contributed by atoms with van der Waals surface area (Å²) < 4.78 is 0. The van der Waals surface area contributed by atoms with Crippen molar-refractivity contribution in [1.82, 2.24) is 0 Å². The number of halogens is 2. The highest BCUT2D eigenvalue weighted by atomic mass is 35.5. The largest absolute Gasteiger partial charge is 0.507 e. The van der Waals surface area contributed by atoms with Crippen LogP contribution in [0.3, 0.4) is 0 Å². The predicted octanol–water partition coefficient (Wildman–Crippen LogP) is 4.90. The van der Waals surface area contributed by atoms with Gasteiger partial charge in [0.05, 0.1) is 5.56 Å². The maximum Gasteiger partial charge on any atom is 0.189 e. The summed E-state index contributed by atoms with van der Waals surface area (Å²) in [7, 11) is 0. The van der Waals surface area contributed by atoms with Gasteiger partial charge < -0.3 is 5.11 Å². The number of ketones is 1. The summed E-state index contributed by atoms with van der Waals surface area (Å²) in [6.45, 7) is 1.86. The second-order valence-electron chi connectivity index (χ2n) is 4.38. The first-order chi connectivity index (χ1) is 9.47. The number of phenols is 1. The molecule has 2 rings (SSSR count). The molecular formula is C16H12Cl2O2. The number of hydrogen-bond donors (Lipinski definition) is 1. The van der Waals surface area contributed by atoms with Gasteiger partial charge in [-0.1, -0.05) is 40.9 Å². The maximum absolute atomic E-state index is 12.1. The molecule has 0 bridgehead atoms. The first-order valence-electron chi connectivity index (χ1n) is 5.94. The third kappa shape index (κ3) is 3.41. The minimum absolute atomic E-state index is 0.0348. The molecule has 0 radical (unpaired) electrons. The first-order valence-corrected chi connectivity index (χ1v) is 6.70. The number of hydrogen-bond acceptors (Lipinski definition) is 2. The standard InChI is InChI=1S/C16H12Cl2O2/c1-10-2-6-15(19)13(8-10)16(20)7-4-11-3-5-12(17)9-14(11)18/h2-9,19H,1H3. The summed E-state index contributed by atoms with van der Waals surface area (Å²) in [5, 5.41) is 10.7. The molecule has 0 aromatic heterocycles. The summed E-state index contributed by atoms with van der Waals surface area (Å²) >= 11 is 11.8. The van der Waals surface area contributed by atoms with Crippen molar-refractivity contribution in [2.75, 3.05) is 0 Å². The lowest BCUT2D eigenvalue weighted by molar-refractivity contribution is 0.104. The summed E-state index contributed by atoms with van der Waals surface area (Å²) in [5.74, 6) is -0.315. The van der Waals surface area contributed by atoms with Gasteiger partial charge in [0.15, 0.2) is 5.78 Å². The van der Waals surface area contributed by atoms with Gasteiger partial charge >= 0.3 is 0 Å². The molecule has 0 unspecified atom stereocenters. The number of allylic oxidation sites excluding steroid dienone is 1. The minimum atomic E-state index is -0.280. The zero-order chi connectivity index (χ0) is 14.7. The second-order valence-corrected chi connectivity index (χ2v) is 5.23. The van der Waals surface area contributed by atoms with Crippen molar-refractivity contribution in [3.8, 4) is 5.75 Å². The molecule has 0 heterocycles. The lowest BCUT2D eigenvalue weighted by atomic mass is 10.1. The Kier molecular flexibility index (Phi) is 4.48. The highest BCUT2D eigenvalue weighted by molar-refractivity contribution is 6.35. The van der Waals surface area contributed by atoms with E-state index in [-0.39, 0.29) is 17.1 Å². The van der Waals surface area contributed by atoms with Gasteiger partial charge in [-0.3, -0.25) is 4.79 Å². The maximum atomic E-state index is 12.1. The van der Waals surface area contributed by atoms with E-state index in [4.69, 9.17) is 23.2 Å². The quantitative estimate of drug-likeness (QED) is 0.646. The molecule has 4 heteroatoms. The first kappa shape index (κ1) is 14.6. The number of rotatable bonds is 3. The van der Waals surface area contributed by atoms with Crippen LogP contribution in [0.2, 0.25) is 10.0 Å². The Morgan fingerprint density at radius 1 is 1.15 bits per heavy atom. The van der Waals surface area contributed by atoms with Crippen LogP contribution in [0, 0.1) is 6.92 Å². The van der Waals surface area contributed by atoms with Crippen LogP contribution < -0.4 is 0 Å². The summed E-state index contributed by atoms with van der Waals surface area (Å²) in [6.07, 6.45) is 2.98. The smallest absolute Gasteiger partial charge is 0.189 e. The van der Waals surface area contributed by atoms with Gasteiger partial charge in [-0.25, -0.2) is 0 Å². The van der Waals surface area contributed by atoms with E-state index in [1.807, 2.05) is 6.92 Å². The van der Waals surface area contributed by atoms with Crippen LogP contribution in [-0.2, 0) is 0 Å². The minimum Gasteiger partial charge on any atom is -0.507 e. The van der Waals surface area contributed by atoms with Gasteiger partial charge in [0, 0.05) is 10.0 Å². The SMILES string of the molecule is Cc1ccc(O)c(C(=O)C=Cc2ccc(Cl)cc2Cl)c1. The van der Waals surface area contributed by atoms with Gasteiger partial charge in [0.1, 0.15) is 5.75 Å². The molecular weight excluding hydrogens is 295 g/mol. The van der Waals surface area contributed by atoms with Crippen LogP contribution in [0.4, 0.5) is 0 Å². The van der Waals surface area contributed by atoms with Gasteiger partial charge in [-0.2, -0.15) is 0 Å². The monoisotopic (exact) mass is 306 g/mol. The third-order valence-corrected chi connectivity index (χ3v) is 3.36. The Balaban J connectivity index is 2.27. The fourth-order valence-corrected chi connectivity index (χ4v) is 2.21. The van der Waals surface area contributed by atoms with Crippen LogP contribution in [0.5, 0.6) is 5.75 Å². The van der Waals surface area contributed by atoms with Gasteiger partial charge in [0.2, 0.25) is 0 Å². The van der Waals surface area contributed by atoms with E-state index in [0.29, 0.717) is 15.6 Å². The van der Waals surface area contributed by atoms with E-state index in [1.165, 1.54) is 12.1 Å². The molecule has 0 fully saturated rings. The zero-order valence-corrected chi connectivity index (χ0v) is 12.2. The Morgan fingerprint density at radius 2 is 1.90 bits per heavy atom.